The number of ether oxygens (including phenoxy) is 4. The maximum atomic E-state index is 11.4. The van der Waals surface area contributed by atoms with Crippen LogP contribution in [0.4, 0.5) is 5.69 Å². The molecule has 0 radical (unpaired) electrons. The number of aliphatic hydroxyl groups excluding tert-OH is 3. The van der Waals surface area contributed by atoms with Gasteiger partial charge in [0.2, 0.25) is 18.9 Å². The summed E-state index contributed by atoms with van der Waals surface area (Å²) < 4.78 is 19.2. The highest BCUT2D eigenvalue weighted by Crippen LogP contribution is 2.32. The second kappa shape index (κ2) is 20.0. The van der Waals surface area contributed by atoms with Crippen LogP contribution in [0.25, 0.3) is 36.5 Å². The van der Waals surface area contributed by atoms with E-state index < -0.39 is 41.7 Å². The zero-order valence-electron chi connectivity index (χ0n) is 34.1. The fraction of sp³-hybridized carbons (Fsp3) is 0.0800. The lowest BCUT2D eigenvalue weighted by Crippen LogP contribution is -2.00. The number of nitrogens with zero attached hydrogens (tertiary/aromatic N) is 1. The summed E-state index contributed by atoms with van der Waals surface area (Å²) >= 11 is 5.82. The van der Waals surface area contributed by atoms with Crippen molar-refractivity contribution < 1.29 is 58.4 Å². The zero-order valence-corrected chi connectivity index (χ0v) is 34.8. The molecule has 3 N–H and O–H groups in total. The van der Waals surface area contributed by atoms with Crippen LogP contribution in [0.3, 0.4) is 0 Å². The third-order valence-electron chi connectivity index (χ3n) is 9.86. The van der Waals surface area contributed by atoms with E-state index in [0.29, 0.717) is 44.2 Å². The summed E-state index contributed by atoms with van der Waals surface area (Å²) in [7, 11) is 0. The number of nitro benzene ring substituents is 1. The number of carbonyl (C=O) groups is 4. The van der Waals surface area contributed by atoms with Crippen LogP contribution in [-0.4, -0.2) is 44.1 Å². The summed E-state index contributed by atoms with van der Waals surface area (Å²) in [5, 5.41) is 40.2. The Labute approximate surface area is 375 Å². The Morgan fingerprint density at radius 2 is 0.846 bits per heavy atom. The zero-order chi connectivity index (χ0) is 46.2. The van der Waals surface area contributed by atoms with Crippen molar-refractivity contribution in [3.8, 4) is 5.75 Å². The molecule has 0 aliphatic carbocycles. The van der Waals surface area contributed by atoms with Crippen LogP contribution in [0.2, 0.25) is 5.02 Å². The highest BCUT2D eigenvalue weighted by Gasteiger charge is 2.31. The molecule has 6 aromatic carbocycles. The molecule has 14 nitrogen and oxygen atoms in total. The highest BCUT2D eigenvalue weighted by molar-refractivity contribution is 6.30. The van der Waals surface area contributed by atoms with Gasteiger partial charge in [-0.15, -0.1) is 0 Å². The molecule has 65 heavy (non-hydrogen) atoms. The summed E-state index contributed by atoms with van der Waals surface area (Å²) in [4.78, 5) is 55.2. The van der Waals surface area contributed by atoms with Gasteiger partial charge in [0, 0.05) is 40.8 Å². The van der Waals surface area contributed by atoms with E-state index in [9.17, 15) is 44.6 Å². The van der Waals surface area contributed by atoms with Crippen LogP contribution in [0.1, 0.15) is 107 Å². The van der Waals surface area contributed by atoms with E-state index in [1.54, 1.807) is 84.9 Å². The Kier molecular flexibility index (Phi) is 13.9. The molecule has 6 aromatic rings. The average molecular weight is 894 g/mol. The number of hydrogen-bond donors (Lipinski definition) is 3. The van der Waals surface area contributed by atoms with Gasteiger partial charge in [-0.2, -0.15) is 0 Å². The first-order valence-corrected chi connectivity index (χ1v) is 20.0. The second-order valence-electron chi connectivity index (χ2n) is 14.4. The van der Waals surface area contributed by atoms with Crippen LogP contribution in [0.5, 0.6) is 5.75 Å². The van der Waals surface area contributed by atoms with Crippen LogP contribution >= 0.6 is 11.6 Å². The van der Waals surface area contributed by atoms with Gasteiger partial charge in [0.1, 0.15) is 5.75 Å². The molecular weight excluding hydrogens is 858 g/mol. The first kappa shape index (κ1) is 45.0. The molecule has 0 bridgehead atoms. The predicted molar refractivity (Wildman–Crippen MR) is 240 cm³/mol. The Morgan fingerprint density at radius 1 is 0.538 bits per heavy atom. The maximum Gasteiger partial charge on any atom is 0.341 e. The first-order chi connectivity index (χ1) is 31.2. The van der Waals surface area contributed by atoms with Crippen molar-refractivity contribution in [2.75, 3.05) is 0 Å². The smallest absolute Gasteiger partial charge is 0.341 e. The topological polar surface area (TPSA) is 209 Å². The number of benzene rings is 6. The molecule has 0 saturated heterocycles. The number of carbonyl (C=O) groups excluding carboxylic acids is 4. The van der Waals surface area contributed by atoms with Crippen LogP contribution in [0, 0.1) is 10.1 Å². The number of esters is 4. The van der Waals surface area contributed by atoms with Crippen molar-refractivity contribution in [1.82, 2.24) is 0 Å². The van der Waals surface area contributed by atoms with E-state index in [0.717, 1.165) is 33.4 Å². The number of hydrogen-bond acceptors (Lipinski definition) is 13. The molecule has 3 atom stereocenters. The monoisotopic (exact) mass is 893 g/mol. The number of rotatable bonds is 8. The number of cyclic esters (lactones) is 3. The third-order valence-corrected chi connectivity index (χ3v) is 10.1. The molecule has 0 fully saturated rings. The Morgan fingerprint density at radius 3 is 1.18 bits per heavy atom. The lowest BCUT2D eigenvalue weighted by molar-refractivity contribution is -0.384. The molecule has 3 aliphatic heterocycles. The van der Waals surface area contributed by atoms with Gasteiger partial charge < -0.3 is 34.3 Å². The highest BCUT2D eigenvalue weighted by atomic mass is 35.5. The minimum absolute atomic E-state index is 0.0356. The summed E-state index contributed by atoms with van der Waals surface area (Å²) in [6.45, 7) is 1.35. The van der Waals surface area contributed by atoms with E-state index >= 15 is 0 Å². The predicted octanol–water partition coefficient (Wildman–Crippen LogP) is 9.54. The van der Waals surface area contributed by atoms with Gasteiger partial charge in [-0.25, -0.2) is 14.4 Å². The Hall–Kier alpha value is -8.01. The molecule has 326 valence electrons. The van der Waals surface area contributed by atoms with Gasteiger partial charge in [-0.3, -0.25) is 14.9 Å². The van der Waals surface area contributed by atoms with E-state index in [-0.39, 0.29) is 11.7 Å². The van der Waals surface area contributed by atoms with E-state index in [1.165, 1.54) is 19.1 Å². The van der Waals surface area contributed by atoms with Crippen molar-refractivity contribution >= 4 is 77.6 Å². The largest absolute Gasteiger partial charge is 0.428 e. The van der Waals surface area contributed by atoms with Crippen molar-refractivity contribution in [2.24, 2.45) is 0 Å². The fourth-order valence-electron chi connectivity index (χ4n) is 6.58. The molecule has 0 saturated carbocycles. The SMILES string of the molecule is CC(=O)Oc1ccc(/C=C/c2ccc3c(c2)C(O)OC3=O)cc1.O=C1OC(O)c2cc(/C=C/c3ccc(Cl)cc3)ccc21.O=C1OC(O)c2cc(/C=C/c3ccc([N+](=O)[O-])cc3)ccc21. The molecule has 9 rings (SSSR count). The van der Waals surface area contributed by atoms with E-state index in [1.807, 2.05) is 66.8 Å². The van der Waals surface area contributed by atoms with Gasteiger partial charge in [0.25, 0.3) is 5.69 Å². The first-order valence-electron chi connectivity index (χ1n) is 19.6. The van der Waals surface area contributed by atoms with Crippen molar-refractivity contribution in [3.05, 3.63) is 209 Å². The quantitative estimate of drug-likeness (QED) is 0.0325. The fourth-order valence-corrected chi connectivity index (χ4v) is 6.71. The van der Waals surface area contributed by atoms with Gasteiger partial charge in [-0.1, -0.05) is 90.5 Å². The molecule has 3 heterocycles. The summed E-state index contributed by atoms with van der Waals surface area (Å²) in [5.74, 6) is -1.40. The number of fused-ring (bicyclic) bond motifs is 3. The van der Waals surface area contributed by atoms with Crippen LogP contribution in [0.15, 0.2) is 127 Å². The average Bonchev–Trinajstić information content (AvgIpc) is 3.87. The van der Waals surface area contributed by atoms with Crippen LogP contribution in [-0.2, 0) is 19.0 Å². The van der Waals surface area contributed by atoms with Gasteiger partial charge in [0.15, 0.2) is 0 Å². The van der Waals surface area contributed by atoms with Crippen molar-refractivity contribution in [3.63, 3.8) is 0 Å². The minimum atomic E-state index is -1.23. The number of halogens is 1. The Balaban J connectivity index is 0.000000146. The van der Waals surface area contributed by atoms with Crippen molar-refractivity contribution in [2.45, 2.75) is 25.8 Å². The molecule has 3 unspecified atom stereocenters. The van der Waals surface area contributed by atoms with E-state index in [2.05, 4.69) is 0 Å². The maximum absolute atomic E-state index is 11.4. The third kappa shape index (κ3) is 11.3. The molecular formula is C50H36ClNO13. The lowest BCUT2D eigenvalue weighted by Gasteiger charge is -2.02. The number of aliphatic hydroxyl groups is 3. The Bertz CT molecular complexity index is 2890. The summed E-state index contributed by atoms with van der Waals surface area (Å²) in [6, 6.07) is 36.0. The molecule has 0 aromatic heterocycles. The van der Waals surface area contributed by atoms with Crippen molar-refractivity contribution in [1.29, 1.82) is 0 Å². The molecule has 0 spiro atoms. The van der Waals surface area contributed by atoms with E-state index in [4.69, 9.17) is 30.5 Å². The molecule has 15 heteroatoms. The normalized spacial score (nSPS) is 16.7. The lowest BCUT2D eigenvalue weighted by atomic mass is 10.0. The standard InChI is InChI=1S/C18H14O5.C16H11ClO3.C16H11NO5/c1-11(19)22-14-7-4-12(5-8-14)2-3-13-6-9-15-16(10-13)18(21)23-17(15)20;17-12-6-3-10(4-7-12)1-2-11-5-8-13-14(9-11)16(19)20-15(13)18;18-15-13-8-5-11(9-14(13)16(19)22-15)2-1-10-3-6-12(7-4-10)17(20)21/h2-10,18,21H,1H3;1-9,16,19H;1-9,16,19H/b3-2+;2*2-1+. The molecule has 3 aliphatic rings. The minimum Gasteiger partial charge on any atom is -0.428 e. The van der Waals surface area contributed by atoms with Gasteiger partial charge in [-0.05, 0) is 106 Å². The van der Waals surface area contributed by atoms with Gasteiger partial charge >= 0.3 is 23.9 Å². The van der Waals surface area contributed by atoms with Gasteiger partial charge in [0.05, 0.1) is 21.6 Å². The second-order valence-corrected chi connectivity index (χ2v) is 14.8. The molecule has 0 amide bonds. The summed E-state index contributed by atoms with van der Waals surface area (Å²) in [6.07, 6.45) is 7.55. The van der Waals surface area contributed by atoms with Crippen LogP contribution < -0.4 is 4.74 Å². The number of non-ortho nitro benzene ring substituents is 1. The summed E-state index contributed by atoms with van der Waals surface area (Å²) in [5.41, 5.74) is 7.88. The number of nitro groups is 1.